The Hall–Kier alpha value is -2.24. The highest BCUT2D eigenvalue weighted by molar-refractivity contribution is 5.99. The van der Waals surface area contributed by atoms with Gasteiger partial charge >= 0.3 is 5.97 Å². The Balaban J connectivity index is 3.17. The SMILES string of the molecule is CCCN(CC(=O)O)C(=O)c1cc(C)cc(OC)c1O. The van der Waals surface area contributed by atoms with Crippen LogP contribution < -0.4 is 4.74 Å². The summed E-state index contributed by atoms with van der Waals surface area (Å²) in [5.74, 6) is -1.69. The van der Waals surface area contributed by atoms with E-state index in [4.69, 9.17) is 9.84 Å². The molecule has 0 aliphatic heterocycles. The maximum atomic E-state index is 12.4. The van der Waals surface area contributed by atoms with E-state index in [0.717, 1.165) is 5.56 Å². The zero-order chi connectivity index (χ0) is 15.3. The molecule has 110 valence electrons. The van der Waals surface area contributed by atoms with Gasteiger partial charge in [0, 0.05) is 6.54 Å². The third kappa shape index (κ3) is 3.63. The van der Waals surface area contributed by atoms with E-state index in [9.17, 15) is 14.7 Å². The highest BCUT2D eigenvalue weighted by Crippen LogP contribution is 2.32. The van der Waals surface area contributed by atoms with Crippen LogP contribution in [-0.4, -0.2) is 47.2 Å². The monoisotopic (exact) mass is 281 g/mol. The van der Waals surface area contributed by atoms with E-state index in [-0.39, 0.29) is 17.1 Å². The smallest absolute Gasteiger partial charge is 0.323 e. The number of amides is 1. The molecule has 0 unspecified atom stereocenters. The van der Waals surface area contributed by atoms with Crippen LogP contribution in [0.25, 0.3) is 0 Å². The van der Waals surface area contributed by atoms with Crippen molar-refractivity contribution in [1.82, 2.24) is 4.90 Å². The summed E-state index contributed by atoms with van der Waals surface area (Å²) in [7, 11) is 1.39. The Labute approximate surface area is 117 Å². The molecule has 0 atom stereocenters. The molecule has 0 bridgehead atoms. The van der Waals surface area contributed by atoms with Gasteiger partial charge in [0.25, 0.3) is 5.91 Å². The molecule has 0 spiro atoms. The number of phenolic OH excluding ortho intramolecular Hbond substituents is 1. The van der Waals surface area contributed by atoms with Crippen molar-refractivity contribution in [3.63, 3.8) is 0 Å². The number of hydrogen-bond donors (Lipinski definition) is 2. The molecule has 2 N–H and O–H groups in total. The van der Waals surface area contributed by atoms with Crippen LogP contribution in [0.2, 0.25) is 0 Å². The Morgan fingerprint density at radius 1 is 1.35 bits per heavy atom. The maximum Gasteiger partial charge on any atom is 0.323 e. The number of ether oxygens (including phenoxy) is 1. The van der Waals surface area contributed by atoms with Gasteiger partial charge in [-0.25, -0.2) is 0 Å². The predicted octanol–water partition coefficient (Wildman–Crippen LogP) is 1.65. The summed E-state index contributed by atoms with van der Waals surface area (Å²) in [5, 5.41) is 18.9. The summed E-state index contributed by atoms with van der Waals surface area (Å²) >= 11 is 0. The summed E-state index contributed by atoms with van der Waals surface area (Å²) in [5.41, 5.74) is 0.798. The second-order valence-corrected chi connectivity index (χ2v) is 4.48. The molecule has 1 aromatic carbocycles. The molecule has 0 radical (unpaired) electrons. The molecule has 0 fully saturated rings. The molecule has 1 aromatic rings. The lowest BCUT2D eigenvalue weighted by Gasteiger charge is -2.21. The number of aromatic hydroxyl groups is 1. The number of carboxylic acids is 1. The summed E-state index contributed by atoms with van der Waals surface area (Å²) in [6, 6.07) is 3.12. The van der Waals surface area contributed by atoms with Crippen molar-refractivity contribution in [3.8, 4) is 11.5 Å². The minimum absolute atomic E-state index is 0.0524. The van der Waals surface area contributed by atoms with Crippen LogP contribution in [0, 0.1) is 6.92 Å². The Bertz CT molecular complexity index is 513. The van der Waals surface area contributed by atoms with Crippen molar-refractivity contribution >= 4 is 11.9 Å². The van der Waals surface area contributed by atoms with Crippen molar-refractivity contribution < 1.29 is 24.5 Å². The molecule has 0 saturated heterocycles. The van der Waals surface area contributed by atoms with E-state index >= 15 is 0 Å². The molecule has 6 heteroatoms. The van der Waals surface area contributed by atoms with E-state index in [1.165, 1.54) is 18.1 Å². The van der Waals surface area contributed by atoms with Crippen LogP contribution in [0.4, 0.5) is 0 Å². The molecule has 0 aromatic heterocycles. The first kappa shape index (κ1) is 15.8. The van der Waals surface area contributed by atoms with Crippen LogP contribution in [0.1, 0.15) is 29.3 Å². The van der Waals surface area contributed by atoms with Gasteiger partial charge in [0.15, 0.2) is 11.5 Å². The standard InChI is InChI=1S/C14H19NO5/c1-4-5-15(8-12(16)17)14(19)10-6-9(2)7-11(20-3)13(10)18/h6-7,18H,4-5,8H2,1-3H3,(H,16,17). The van der Waals surface area contributed by atoms with Gasteiger partial charge in [-0.3, -0.25) is 9.59 Å². The lowest BCUT2D eigenvalue weighted by Crippen LogP contribution is -2.36. The summed E-state index contributed by atoms with van der Waals surface area (Å²) in [4.78, 5) is 24.4. The molecular formula is C14H19NO5. The molecule has 20 heavy (non-hydrogen) atoms. The van der Waals surface area contributed by atoms with E-state index in [2.05, 4.69) is 0 Å². The Kier molecular flexibility index (Phi) is 5.37. The Morgan fingerprint density at radius 2 is 2.00 bits per heavy atom. The van der Waals surface area contributed by atoms with Gasteiger partial charge in [0.2, 0.25) is 0 Å². The lowest BCUT2D eigenvalue weighted by atomic mass is 10.1. The molecule has 6 nitrogen and oxygen atoms in total. The quantitative estimate of drug-likeness (QED) is 0.827. The number of hydrogen-bond acceptors (Lipinski definition) is 4. The average Bonchev–Trinajstić information content (AvgIpc) is 2.39. The molecule has 0 saturated carbocycles. The molecule has 0 aliphatic rings. The maximum absolute atomic E-state index is 12.4. The number of phenols is 1. The first-order chi connectivity index (χ1) is 9.40. The number of nitrogens with zero attached hydrogens (tertiary/aromatic N) is 1. The molecular weight excluding hydrogens is 262 g/mol. The normalized spacial score (nSPS) is 10.2. The number of carbonyl (C=O) groups is 2. The molecule has 1 amide bonds. The fourth-order valence-corrected chi connectivity index (χ4v) is 1.92. The van der Waals surface area contributed by atoms with Crippen LogP contribution in [0.15, 0.2) is 12.1 Å². The summed E-state index contributed by atoms with van der Waals surface area (Å²) < 4.78 is 5.00. The highest BCUT2D eigenvalue weighted by Gasteiger charge is 2.22. The van der Waals surface area contributed by atoms with Gasteiger partial charge in [-0.05, 0) is 31.0 Å². The van der Waals surface area contributed by atoms with Gasteiger partial charge in [-0.1, -0.05) is 6.92 Å². The topological polar surface area (TPSA) is 87.1 Å². The first-order valence-corrected chi connectivity index (χ1v) is 6.29. The molecule has 1 rings (SSSR count). The van der Waals surface area contributed by atoms with Crippen LogP contribution in [0.3, 0.4) is 0 Å². The van der Waals surface area contributed by atoms with Crippen molar-refractivity contribution in [3.05, 3.63) is 23.3 Å². The zero-order valence-electron chi connectivity index (χ0n) is 11.8. The third-order valence-corrected chi connectivity index (χ3v) is 2.78. The van der Waals surface area contributed by atoms with Gasteiger partial charge in [0.1, 0.15) is 6.54 Å². The van der Waals surface area contributed by atoms with Gasteiger partial charge in [-0.15, -0.1) is 0 Å². The van der Waals surface area contributed by atoms with Crippen molar-refractivity contribution in [1.29, 1.82) is 0 Å². The zero-order valence-corrected chi connectivity index (χ0v) is 11.8. The summed E-state index contributed by atoms with van der Waals surface area (Å²) in [6.07, 6.45) is 0.628. The van der Waals surface area contributed by atoms with Crippen LogP contribution in [-0.2, 0) is 4.79 Å². The van der Waals surface area contributed by atoms with Crippen LogP contribution in [0.5, 0.6) is 11.5 Å². The number of carboxylic acid groups (broad SMARTS) is 1. The van der Waals surface area contributed by atoms with Crippen molar-refractivity contribution in [2.75, 3.05) is 20.2 Å². The minimum Gasteiger partial charge on any atom is -0.504 e. The Morgan fingerprint density at radius 3 is 2.50 bits per heavy atom. The van der Waals surface area contributed by atoms with E-state index < -0.39 is 18.4 Å². The second kappa shape index (κ2) is 6.79. The fourth-order valence-electron chi connectivity index (χ4n) is 1.92. The van der Waals surface area contributed by atoms with Crippen molar-refractivity contribution in [2.45, 2.75) is 20.3 Å². The van der Waals surface area contributed by atoms with Crippen LogP contribution >= 0.6 is 0 Å². The number of carbonyl (C=O) groups excluding carboxylic acids is 1. The van der Waals surface area contributed by atoms with E-state index in [1.54, 1.807) is 13.0 Å². The summed E-state index contributed by atoms with van der Waals surface area (Å²) in [6.45, 7) is 3.52. The van der Waals surface area contributed by atoms with Crippen molar-refractivity contribution in [2.24, 2.45) is 0 Å². The van der Waals surface area contributed by atoms with Gasteiger partial charge in [0.05, 0.1) is 12.7 Å². The van der Waals surface area contributed by atoms with E-state index in [0.29, 0.717) is 13.0 Å². The number of methoxy groups -OCH3 is 1. The van der Waals surface area contributed by atoms with Gasteiger partial charge < -0.3 is 19.8 Å². The van der Waals surface area contributed by atoms with E-state index in [1.807, 2.05) is 6.92 Å². The average molecular weight is 281 g/mol. The lowest BCUT2D eigenvalue weighted by molar-refractivity contribution is -0.137. The first-order valence-electron chi connectivity index (χ1n) is 6.29. The number of aliphatic carboxylic acids is 1. The number of benzene rings is 1. The number of rotatable bonds is 6. The molecule has 0 aliphatic carbocycles. The third-order valence-electron chi connectivity index (χ3n) is 2.78. The fraction of sp³-hybridized carbons (Fsp3) is 0.429. The molecule has 0 heterocycles. The number of aryl methyl sites for hydroxylation is 1. The largest absolute Gasteiger partial charge is 0.504 e. The minimum atomic E-state index is -1.09. The highest BCUT2D eigenvalue weighted by atomic mass is 16.5. The second-order valence-electron chi connectivity index (χ2n) is 4.48. The van der Waals surface area contributed by atoms with Gasteiger partial charge in [-0.2, -0.15) is 0 Å². The predicted molar refractivity (Wildman–Crippen MR) is 73.2 cm³/mol.